The first-order valence-electron chi connectivity index (χ1n) is 2.89. The molecule has 2 aromatic rings. The highest BCUT2D eigenvalue weighted by Gasteiger charge is 2.05. The third-order valence-corrected chi connectivity index (χ3v) is 2.48. The van der Waals surface area contributed by atoms with Gasteiger partial charge in [0.1, 0.15) is 0 Å². The normalized spacial score (nSPS) is 10.3. The van der Waals surface area contributed by atoms with Gasteiger partial charge in [-0.1, -0.05) is 0 Å². The zero-order valence-electron chi connectivity index (χ0n) is 5.32. The summed E-state index contributed by atoms with van der Waals surface area (Å²) in [6.45, 7) is 0. The van der Waals surface area contributed by atoms with Gasteiger partial charge >= 0.3 is 0 Å². The predicted molar refractivity (Wildman–Crippen MR) is 50.3 cm³/mol. The molecule has 0 saturated heterocycles. The van der Waals surface area contributed by atoms with Gasteiger partial charge in [0, 0.05) is 0 Å². The Bertz CT molecular complexity index is 343. The number of aromatic nitrogens is 2. The van der Waals surface area contributed by atoms with Crippen molar-refractivity contribution in [2.75, 3.05) is 0 Å². The highest BCUT2D eigenvalue weighted by Crippen LogP contribution is 2.18. The van der Waals surface area contributed by atoms with Crippen molar-refractivity contribution in [1.29, 1.82) is 0 Å². The van der Waals surface area contributed by atoms with Crippen LogP contribution in [0.2, 0.25) is 0 Å². The second-order valence-corrected chi connectivity index (χ2v) is 4.35. The second kappa shape index (κ2) is 2.90. The SMILES string of the molecule is Ic1nc(-c2ccco2)ns1. The molecule has 56 valence electrons. The van der Waals surface area contributed by atoms with Crippen LogP contribution in [0, 0.1) is 3.01 Å². The average molecular weight is 278 g/mol. The Morgan fingerprint density at radius 3 is 3.00 bits per heavy atom. The lowest BCUT2D eigenvalue weighted by Crippen LogP contribution is -1.74. The lowest BCUT2D eigenvalue weighted by Gasteiger charge is -1.82. The lowest BCUT2D eigenvalue weighted by molar-refractivity contribution is 0.578. The molecule has 0 fully saturated rings. The maximum absolute atomic E-state index is 5.11. The average Bonchev–Trinajstić information content (AvgIpc) is 2.55. The Morgan fingerprint density at radius 1 is 1.55 bits per heavy atom. The molecule has 0 N–H and O–H groups in total. The van der Waals surface area contributed by atoms with Gasteiger partial charge in [-0.15, -0.1) is 0 Å². The van der Waals surface area contributed by atoms with Crippen molar-refractivity contribution in [2.24, 2.45) is 0 Å². The van der Waals surface area contributed by atoms with E-state index in [1.807, 2.05) is 12.1 Å². The van der Waals surface area contributed by atoms with Crippen LogP contribution in [-0.2, 0) is 0 Å². The number of hydrogen-bond donors (Lipinski definition) is 0. The third-order valence-electron chi connectivity index (χ3n) is 1.14. The molecule has 3 nitrogen and oxygen atoms in total. The van der Waals surface area contributed by atoms with Crippen molar-refractivity contribution in [3.8, 4) is 11.6 Å². The molecule has 5 heteroatoms. The highest BCUT2D eigenvalue weighted by atomic mass is 127. The second-order valence-electron chi connectivity index (χ2n) is 1.85. The Kier molecular flexibility index (Phi) is 1.91. The number of nitrogens with zero attached hydrogens (tertiary/aromatic N) is 2. The van der Waals surface area contributed by atoms with E-state index in [-0.39, 0.29) is 0 Å². The lowest BCUT2D eigenvalue weighted by atomic mass is 10.4. The predicted octanol–water partition coefficient (Wildman–Crippen LogP) is 2.40. The molecule has 11 heavy (non-hydrogen) atoms. The third kappa shape index (κ3) is 1.43. The van der Waals surface area contributed by atoms with Crippen LogP contribution in [-0.4, -0.2) is 9.36 Å². The van der Waals surface area contributed by atoms with Gasteiger partial charge in [-0.3, -0.25) is 0 Å². The summed E-state index contributed by atoms with van der Waals surface area (Å²) < 4.78 is 10.1. The van der Waals surface area contributed by atoms with Crippen LogP contribution in [0.15, 0.2) is 22.8 Å². The summed E-state index contributed by atoms with van der Waals surface area (Å²) in [4.78, 5) is 4.15. The Balaban J connectivity index is 2.45. The molecule has 0 unspecified atom stereocenters. The summed E-state index contributed by atoms with van der Waals surface area (Å²) in [6, 6.07) is 3.67. The van der Waals surface area contributed by atoms with Gasteiger partial charge < -0.3 is 4.42 Å². The molecule has 0 radical (unpaired) electrons. The molecule has 0 saturated carbocycles. The molecular weight excluding hydrogens is 275 g/mol. The minimum absolute atomic E-state index is 0.671. The van der Waals surface area contributed by atoms with E-state index in [9.17, 15) is 0 Å². The van der Waals surface area contributed by atoms with Crippen LogP contribution in [0.3, 0.4) is 0 Å². The molecule has 2 heterocycles. The van der Waals surface area contributed by atoms with Gasteiger partial charge in [-0.05, 0) is 46.3 Å². The summed E-state index contributed by atoms with van der Waals surface area (Å²) in [5, 5.41) is 0. The van der Waals surface area contributed by atoms with Gasteiger partial charge in [0.05, 0.1) is 6.26 Å². The fourth-order valence-electron chi connectivity index (χ4n) is 0.711. The molecule has 0 aliphatic rings. The van der Waals surface area contributed by atoms with Crippen molar-refractivity contribution < 1.29 is 4.42 Å². The maximum Gasteiger partial charge on any atom is 0.209 e. The van der Waals surface area contributed by atoms with Gasteiger partial charge in [-0.2, -0.15) is 4.37 Å². The van der Waals surface area contributed by atoms with Crippen LogP contribution < -0.4 is 0 Å². The minimum atomic E-state index is 0.671. The first-order chi connectivity index (χ1) is 5.36. The van der Waals surface area contributed by atoms with Crippen LogP contribution in [0.25, 0.3) is 11.6 Å². The molecule has 0 bridgehead atoms. The Hall–Kier alpha value is -0.430. The zero-order chi connectivity index (χ0) is 7.68. The quantitative estimate of drug-likeness (QED) is 0.752. The van der Waals surface area contributed by atoms with Crippen molar-refractivity contribution in [3.05, 3.63) is 21.4 Å². The largest absolute Gasteiger partial charge is 0.461 e. The van der Waals surface area contributed by atoms with Crippen molar-refractivity contribution in [2.45, 2.75) is 0 Å². The minimum Gasteiger partial charge on any atom is -0.461 e. The summed E-state index contributed by atoms with van der Waals surface area (Å²) in [5.41, 5.74) is 0. The summed E-state index contributed by atoms with van der Waals surface area (Å²) >= 11 is 3.50. The fourth-order valence-corrected chi connectivity index (χ4v) is 1.65. The van der Waals surface area contributed by atoms with Crippen LogP contribution in [0.4, 0.5) is 0 Å². The smallest absolute Gasteiger partial charge is 0.209 e. The van der Waals surface area contributed by atoms with Gasteiger partial charge in [0.15, 0.2) is 8.77 Å². The Morgan fingerprint density at radius 2 is 2.45 bits per heavy atom. The van der Waals surface area contributed by atoms with E-state index < -0.39 is 0 Å². The number of furan rings is 1. The standard InChI is InChI=1S/C6H3IN2OS/c7-6-8-5(9-11-6)4-2-1-3-10-4/h1-3H. The first-order valence-corrected chi connectivity index (χ1v) is 4.74. The van der Waals surface area contributed by atoms with Gasteiger partial charge in [-0.25, -0.2) is 4.98 Å². The molecule has 0 amide bonds. The van der Waals surface area contributed by atoms with E-state index in [0.29, 0.717) is 5.82 Å². The van der Waals surface area contributed by atoms with E-state index in [0.717, 1.165) is 8.77 Å². The van der Waals surface area contributed by atoms with Crippen molar-refractivity contribution in [3.63, 3.8) is 0 Å². The summed E-state index contributed by atoms with van der Waals surface area (Å²) in [5.74, 6) is 1.40. The maximum atomic E-state index is 5.11. The monoisotopic (exact) mass is 278 g/mol. The molecular formula is C6H3IN2OS. The topological polar surface area (TPSA) is 38.9 Å². The van der Waals surface area contributed by atoms with Crippen LogP contribution >= 0.6 is 34.1 Å². The first kappa shape index (κ1) is 7.23. The molecule has 0 aromatic carbocycles. The summed E-state index contributed by atoms with van der Waals surface area (Å²) in [6.07, 6.45) is 1.61. The van der Waals surface area contributed by atoms with E-state index in [2.05, 4.69) is 31.9 Å². The summed E-state index contributed by atoms with van der Waals surface area (Å²) in [7, 11) is 0. The molecule has 0 aliphatic heterocycles. The fraction of sp³-hybridized carbons (Fsp3) is 0. The number of halogens is 1. The van der Waals surface area contributed by atoms with Gasteiger partial charge in [0.2, 0.25) is 5.82 Å². The van der Waals surface area contributed by atoms with Gasteiger partial charge in [0.25, 0.3) is 0 Å². The van der Waals surface area contributed by atoms with E-state index >= 15 is 0 Å². The van der Waals surface area contributed by atoms with E-state index in [1.54, 1.807) is 6.26 Å². The van der Waals surface area contributed by atoms with E-state index in [4.69, 9.17) is 4.42 Å². The van der Waals surface area contributed by atoms with Crippen molar-refractivity contribution in [1.82, 2.24) is 9.36 Å². The highest BCUT2D eigenvalue weighted by molar-refractivity contribution is 14.1. The molecule has 2 aromatic heterocycles. The number of hydrogen-bond acceptors (Lipinski definition) is 4. The molecule has 0 atom stereocenters. The number of rotatable bonds is 1. The van der Waals surface area contributed by atoms with Crippen LogP contribution in [0.5, 0.6) is 0 Å². The molecule has 0 aliphatic carbocycles. The van der Waals surface area contributed by atoms with Crippen molar-refractivity contribution >= 4 is 34.1 Å². The van der Waals surface area contributed by atoms with E-state index in [1.165, 1.54) is 11.5 Å². The zero-order valence-corrected chi connectivity index (χ0v) is 8.29. The molecule has 0 spiro atoms. The molecule has 2 rings (SSSR count). The Labute approximate surface area is 80.8 Å². The van der Waals surface area contributed by atoms with Crippen LogP contribution in [0.1, 0.15) is 0 Å².